The SMILES string of the molecule is CC(C)C1C(=O)NCC(=O)N1CCCS(C)=O. The molecule has 98 valence electrons. The van der Waals surface area contributed by atoms with Crippen LogP contribution < -0.4 is 5.32 Å². The zero-order valence-electron chi connectivity index (χ0n) is 10.6. The largest absolute Gasteiger partial charge is 0.345 e. The Morgan fingerprint density at radius 2 is 2.12 bits per heavy atom. The second kappa shape index (κ2) is 6.14. The van der Waals surface area contributed by atoms with Crippen molar-refractivity contribution in [3.63, 3.8) is 0 Å². The van der Waals surface area contributed by atoms with Crippen molar-refractivity contribution in [2.24, 2.45) is 5.92 Å². The molecule has 0 radical (unpaired) electrons. The monoisotopic (exact) mass is 260 g/mol. The summed E-state index contributed by atoms with van der Waals surface area (Å²) in [4.78, 5) is 25.1. The van der Waals surface area contributed by atoms with Crippen molar-refractivity contribution in [1.29, 1.82) is 0 Å². The first kappa shape index (κ1) is 14.2. The molecule has 6 heteroatoms. The molecule has 2 amide bonds. The van der Waals surface area contributed by atoms with E-state index < -0.39 is 10.8 Å². The minimum Gasteiger partial charge on any atom is -0.345 e. The Morgan fingerprint density at radius 3 is 2.65 bits per heavy atom. The smallest absolute Gasteiger partial charge is 0.243 e. The summed E-state index contributed by atoms with van der Waals surface area (Å²) in [5.74, 6) is 0.518. The molecule has 0 aliphatic carbocycles. The Bertz CT molecular complexity index is 331. The molecular weight excluding hydrogens is 240 g/mol. The molecule has 0 spiro atoms. The van der Waals surface area contributed by atoms with Gasteiger partial charge in [0, 0.05) is 29.4 Å². The number of hydrogen-bond donors (Lipinski definition) is 1. The van der Waals surface area contributed by atoms with Crippen LogP contribution in [0.2, 0.25) is 0 Å². The highest BCUT2D eigenvalue weighted by Crippen LogP contribution is 2.15. The van der Waals surface area contributed by atoms with Crippen molar-refractivity contribution in [3.05, 3.63) is 0 Å². The number of piperazine rings is 1. The van der Waals surface area contributed by atoms with E-state index in [9.17, 15) is 13.8 Å². The highest BCUT2D eigenvalue weighted by atomic mass is 32.2. The normalized spacial score (nSPS) is 22.8. The fraction of sp³-hybridized carbons (Fsp3) is 0.818. The fourth-order valence-electron chi connectivity index (χ4n) is 2.03. The van der Waals surface area contributed by atoms with Crippen LogP contribution >= 0.6 is 0 Å². The molecule has 1 fully saturated rings. The zero-order valence-corrected chi connectivity index (χ0v) is 11.4. The van der Waals surface area contributed by atoms with Crippen molar-refractivity contribution in [2.45, 2.75) is 26.3 Å². The maximum absolute atomic E-state index is 11.8. The Hall–Kier alpha value is -0.910. The van der Waals surface area contributed by atoms with E-state index in [0.717, 1.165) is 0 Å². The van der Waals surface area contributed by atoms with Crippen LogP contribution in [0, 0.1) is 5.92 Å². The maximum atomic E-state index is 11.8. The van der Waals surface area contributed by atoms with Crippen LogP contribution in [0.15, 0.2) is 0 Å². The number of amides is 2. The van der Waals surface area contributed by atoms with Gasteiger partial charge in [0.15, 0.2) is 0 Å². The first-order valence-electron chi connectivity index (χ1n) is 5.80. The fourth-order valence-corrected chi connectivity index (χ4v) is 2.57. The second-order valence-electron chi connectivity index (χ2n) is 4.62. The van der Waals surface area contributed by atoms with Crippen LogP contribution in [0.1, 0.15) is 20.3 Å². The molecule has 0 aromatic carbocycles. The Morgan fingerprint density at radius 1 is 1.47 bits per heavy atom. The topological polar surface area (TPSA) is 66.5 Å². The molecule has 1 aliphatic rings. The average molecular weight is 260 g/mol. The third kappa shape index (κ3) is 3.80. The van der Waals surface area contributed by atoms with Gasteiger partial charge in [0.05, 0.1) is 6.54 Å². The lowest BCUT2D eigenvalue weighted by Gasteiger charge is -2.37. The summed E-state index contributed by atoms with van der Waals surface area (Å²) in [5.41, 5.74) is 0. The van der Waals surface area contributed by atoms with E-state index in [1.165, 1.54) is 0 Å². The lowest BCUT2D eigenvalue weighted by molar-refractivity contribution is -0.147. The van der Waals surface area contributed by atoms with Crippen LogP contribution in [0.4, 0.5) is 0 Å². The Balaban J connectivity index is 2.65. The molecule has 2 unspecified atom stereocenters. The second-order valence-corrected chi connectivity index (χ2v) is 6.18. The molecule has 0 aromatic heterocycles. The summed E-state index contributed by atoms with van der Waals surface area (Å²) in [5, 5.41) is 2.60. The quantitative estimate of drug-likeness (QED) is 0.740. The summed E-state index contributed by atoms with van der Waals surface area (Å²) in [6.07, 6.45) is 2.32. The summed E-state index contributed by atoms with van der Waals surface area (Å²) >= 11 is 0. The number of rotatable bonds is 5. The van der Waals surface area contributed by atoms with E-state index in [1.54, 1.807) is 11.2 Å². The van der Waals surface area contributed by atoms with E-state index >= 15 is 0 Å². The zero-order chi connectivity index (χ0) is 13.0. The Kier molecular flexibility index (Phi) is 5.11. The predicted octanol–water partition coefficient (Wildman–Crippen LogP) is -0.262. The van der Waals surface area contributed by atoms with Crippen molar-refractivity contribution < 1.29 is 13.8 Å². The summed E-state index contributed by atoms with van der Waals surface area (Å²) in [7, 11) is -0.850. The molecule has 0 saturated carbocycles. The van der Waals surface area contributed by atoms with Crippen LogP contribution in [0.5, 0.6) is 0 Å². The molecule has 1 heterocycles. The lowest BCUT2D eigenvalue weighted by atomic mass is 9.99. The first-order valence-corrected chi connectivity index (χ1v) is 7.53. The van der Waals surface area contributed by atoms with Gasteiger partial charge in [-0.15, -0.1) is 0 Å². The molecule has 1 rings (SSSR count). The molecule has 1 N–H and O–H groups in total. The van der Waals surface area contributed by atoms with Gasteiger partial charge in [-0.2, -0.15) is 0 Å². The van der Waals surface area contributed by atoms with Gasteiger partial charge >= 0.3 is 0 Å². The van der Waals surface area contributed by atoms with Crippen molar-refractivity contribution in [3.8, 4) is 0 Å². The van der Waals surface area contributed by atoms with Crippen LogP contribution in [0.25, 0.3) is 0 Å². The summed E-state index contributed by atoms with van der Waals surface area (Å²) < 4.78 is 11.0. The number of nitrogens with zero attached hydrogens (tertiary/aromatic N) is 1. The lowest BCUT2D eigenvalue weighted by Crippen LogP contribution is -2.60. The first-order chi connectivity index (χ1) is 7.93. The average Bonchev–Trinajstić information content (AvgIpc) is 2.22. The number of carbonyl (C=O) groups excluding carboxylic acids is 2. The Labute approximate surface area is 104 Å². The predicted molar refractivity (Wildman–Crippen MR) is 66.9 cm³/mol. The number of hydrogen-bond acceptors (Lipinski definition) is 3. The van der Waals surface area contributed by atoms with Crippen molar-refractivity contribution in [1.82, 2.24) is 10.2 Å². The number of carbonyl (C=O) groups is 2. The van der Waals surface area contributed by atoms with E-state index in [2.05, 4.69) is 5.32 Å². The van der Waals surface area contributed by atoms with Gasteiger partial charge < -0.3 is 10.2 Å². The standard InChI is InChI=1S/C11H20N2O3S/c1-8(2)10-11(15)12-7-9(14)13(10)5-4-6-17(3)16/h8,10H,4-7H2,1-3H3,(H,12,15). The van der Waals surface area contributed by atoms with E-state index in [-0.39, 0.29) is 30.3 Å². The molecular formula is C11H20N2O3S. The van der Waals surface area contributed by atoms with Crippen LogP contribution in [0.3, 0.4) is 0 Å². The van der Waals surface area contributed by atoms with Crippen LogP contribution in [-0.4, -0.2) is 52.1 Å². The van der Waals surface area contributed by atoms with Gasteiger partial charge in [-0.3, -0.25) is 13.8 Å². The van der Waals surface area contributed by atoms with Gasteiger partial charge in [0.2, 0.25) is 11.8 Å². The minimum atomic E-state index is -0.850. The van der Waals surface area contributed by atoms with Gasteiger partial charge in [0.25, 0.3) is 0 Å². The van der Waals surface area contributed by atoms with Gasteiger partial charge in [-0.05, 0) is 12.3 Å². The third-order valence-electron chi connectivity index (χ3n) is 2.80. The third-order valence-corrected chi connectivity index (χ3v) is 3.66. The molecule has 1 aliphatic heterocycles. The van der Waals surface area contributed by atoms with E-state index in [1.807, 2.05) is 13.8 Å². The molecule has 5 nitrogen and oxygen atoms in total. The molecule has 0 bridgehead atoms. The summed E-state index contributed by atoms with van der Waals surface area (Å²) in [6.45, 7) is 4.44. The summed E-state index contributed by atoms with van der Waals surface area (Å²) in [6, 6.07) is -0.387. The van der Waals surface area contributed by atoms with Crippen molar-refractivity contribution >= 4 is 22.6 Å². The molecule has 2 atom stereocenters. The maximum Gasteiger partial charge on any atom is 0.243 e. The minimum absolute atomic E-state index is 0.0508. The van der Waals surface area contributed by atoms with Gasteiger partial charge in [0.1, 0.15) is 6.04 Å². The highest BCUT2D eigenvalue weighted by Gasteiger charge is 2.35. The number of nitrogens with one attached hydrogen (secondary N) is 1. The van der Waals surface area contributed by atoms with E-state index in [4.69, 9.17) is 0 Å². The molecule has 17 heavy (non-hydrogen) atoms. The van der Waals surface area contributed by atoms with Crippen LogP contribution in [-0.2, 0) is 20.4 Å². The molecule has 0 aromatic rings. The van der Waals surface area contributed by atoms with Crippen molar-refractivity contribution in [2.75, 3.05) is 25.1 Å². The van der Waals surface area contributed by atoms with Gasteiger partial charge in [-0.25, -0.2) is 0 Å². The van der Waals surface area contributed by atoms with Gasteiger partial charge in [-0.1, -0.05) is 13.8 Å². The molecule has 1 saturated heterocycles. The van der Waals surface area contributed by atoms with E-state index in [0.29, 0.717) is 18.7 Å². The highest BCUT2D eigenvalue weighted by molar-refractivity contribution is 7.84.